The Morgan fingerprint density at radius 1 is 1.40 bits per heavy atom. The quantitative estimate of drug-likeness (QED) is 0.763. The summed E-state index contributed by atoms with van der Waals surface area (Å²) in [5.74, 6) is 0.927. The number of benzene rings is 1. The molecular weight excluding hydrogens is 186 g/mol. The Balaban J connectivity index is 2.51. The van der Waals surface area contributed by atoms with Crippen molar-refractivity contribution in [2.45, 2.75) is 38.1 Å². The maximum atomic E-state index is 6.18. The summed E-state index contributed by atoms with van der Waals surface area (Å²) in [4.78, 5) is 0. The Kier molecular flexibility index (Phi) is 2.47. The fourth-order valence-corrected chi connectivity index (χ4v) is 2.37. The molecule has 0 saturated carbocycles. The van der Waals surface area contributed by atoms with Gasteiger partial charge in [0.15, 0.2) is 0 Å². The maximum Gasteiger partial charge on any atom is 0.119 e. The van der Waals surface area contributed by atoms with Gasteiger partial charge in [-0.15, -0.1) is 0 Å². The monoisotopic (exact) mass is 205 g/mol. The molecule has 15 heavy (non-hydrogen) atoms. The van der Waals surface area contributed by atoms with E-state index in [1.54, 1.807) is 7.11 Å². The molecule has 0 bridgehead atoms. The lowest BCUT2D eigenvalue weighted by Crippen LogP contribution is -2.44. The van der Waals surface area contributed by atoms with Gasteiger partial charge in [-0.05, 0) is 36.1 Å². The Morgan fingerprint density at radius 2 is 2.13 bits per heavy atom. The molecule has 2 nitrogen and oxygen atoms in total. The number of hydrogen-bond acceptors (Lipinski definition) is 2. The third-order valence-electron chi connectivity index (χ3n) is 3.66. The van der Waals surface area contributed by atoms with Gasteiger partial charge in [-0.3, -0.25) is 0 Å². The minimum absolute atomic E-state index is 0.0577. The van der Waals surface area contributed by atoms with Crippen LogP contribution < -0.4 is 10.5 Å². The van der Waals surface area contributed by atoms with Gasteiger partial charge >= 0.3 is 0 Å². The molecule has 2 N–H and O–H groups in total. The van der Waals surface area contributed by atoms with E-state index >= 15 is 0 Å². The van der Waals surface area contributed by atoms with Gasteiger partial charge in [-0.1, -0.05) is 19.9 Å². The lowest BCUT2D eigenvalue weighted by atomic mass is 9.69. The number of methoxy groups -OCH3 is 1. The molecule has 0 spiro atoms. The second-order valence-electron chi connectivity index (χ2n) is 4.89. The molecule has 82 valence electrons. The van der Waals surface area contributed by atoms with Crippen LogP contribution in [0.15, 0.2) is 18.2 Å². The van der Waals surface area contributed by atoms with E-state index in [1.165, 1.54) is 11.1 Å². The van der Waals surface area contributed by atoms with Crippen molar-refractivity contribution in [2.75, 3.05) is 7.11 Å². The molecular formula is C13H19NO. The topological polar surface area (TPSA) is 35.2 Å². The fourth-order valence-electron chi connectivity index (χ4n) is 2.37. The smallest absolute Gasteiger partial charge is 0.119 e. The van der Waals surface area contributed by atoms with Crippen molar-refractivity contribution in [3.05, 3.63) is 29.3 Å². The van der Waals surface area contributed by atoms with Gasteiger partial charge in [-0.25, -0.2) is 0 Å². The predicted octanol–water partition coefficient (Wildman–Crippen LogP) is 2.25. The van der Waals surface area contributed by atoms with E-state index in [0.717, 1.165) is 18.6 Å². The van der Waals surface area contributed by atoms with Gasteiger partial charge in [-0.2, -0.15) is 0 Å². The third-order valence-corrected chi connectivity index (χ3v) is 3.66. The molecule has 0 saturated heterocycles. The summed E-state index contributed by atoms with van der Waals surface area (Å²) < 4.78 is 5.27. The van der Waals surface area contributed by atoms with Crippen LogP contribution in [-0.4, -0.2) is 13.2 Å². The average Bonchev–Trinajstić information content (AvgIpc) is 2.24. The molecule has 1 atom stereocenters. The van der Waals surface area contributed by atoms with Crippen molar-refractivity contribution in [3.8, 4) is 5.75 Å². The van der Waals surface area contributed by atoms with Crippen molar-refractivity contribution in [2.24, 2.45) is 5.73 Å². The number of ether oxygens (including phenoxy) is 1. The molecule has 0 aliphatic heterocycles. The van der Waals surface area contributed by atoms with E-state index in [9.17, 15) is 0 Å². The second-order valence-corrected chi connectivity index (χ2v) is 4.89. The first kappa shape index (κ1) is 10.5. The van der Waals surface area contributed by atoms with E-state index in [1.807, 2.05) is 6.07 Å². The number of nitrogens with two attached hydrogens (primary N) is 1. The fraction of sp³-hybridized carbons (Fsp3) is 0.538. The third kappa shape index (κ3) is 1.63. The van der Waals surface area contributed by atoms with Crippen LogP contribution in [0.4, 0.5) is 0 Å². The van der Waals surface area contributed by atoms with Crippen molar-refractivity contribution in [3.63, 3.8) is 0 Å². The van der Waals surface area contributed by atoms with Crippen LogP contribution in [-0.2, 0) is 11.8 Å². The molecule has 0 radical (unpaired) electrons. The molecule has 1 unspecified atom stereocenters. The molecule has 0 aromatic heterocycles. The number of hydrogen-bond donors (Lipinski definition) is 1. The lowest BCUT2D eigenvalue weighted by Gasteiger charge is -2.38. The summed E-state index contributed by atoms with van der Waals surface area (Å²) in [6.07, 6.45) is 2.16. The Labute approximate surface area is 91.4 Å². The largest absolute Gasteiger partial charge is 0.497 e. The van der Waals surface area contributed by atoms with Crippen LogP contribution in [0.25, 0.3) is 0 Å². The highest BCUT2D eigenvalue weighted by molar-refractivity contribution is 5.43. The molecule has 0 amide bonds. The lowest BCUT2D eigenvalue weighted by molar-refractivity contribution is 0.359. The predicted molar refractivity (Wildman–Crippen MR) is 62.3 cm³/mol. The molecule has 0 heterocycles. The maximum absolute atomic E-state index is 6.18. The van der Waals surface area contributed by atoms with E-state index < -0.39 is 0 Å². The van der Waals surface area contributed by atoms with Gasteiger partial charge < -0.3 is 10.5 Å². The zero-order chi connectivity index (χ0) is 11.1. The van der Waals surface area contributed by atoms with E-state index in [4.69, 9.17) is 10.5 Å². The summed E-state index contributed by atoms with van der Waals surface area (Å²) in [7, 11) is 1.71. The summed E-state index contributed by atoms with van der Waals surface area (Å²) in [6, 6.07) is 6.58. The highest BCUT2D eigenvalue weighted by Crippen LogP contribution is 2.37. The second kappa shape index (κ2) is 3.53. The summed E-state index contributed by atoms with van der Waals surface area (Å²) in [6.45, 7) is 4.43. The number of fused-ring (bicyclic) bond motifs is 1. The first-order valence-electron chi connectivity index (χ1n) is 5.48. The van der Waals surface area contributed by atoms with Crippen LogP contribution in [0.1, 0.15) is 31.4 Å². The zero-order valence-corrected chi connectivity index (χ0v) is 9.71. The van der Waals surface area contributed by atoms with E-state index in [-0.39, 0.29) is 11.5 Å². The minimum atomic E-state index is 0.0577. The first-order chi connectivity index (χ1) is 7.05. The summed E-state index contributed by atoms with van der Waals surface area (Å²) in [5, 5.41) is 0. The summed E-state index contributed by atoms with van der Waals surface area (Å²) >= 11 is 0. The van der Waals surface area contributed by atoms with E-state index in [2.05, 4.69) is 26.0 Å². The Bertz CT molecular complexity index is 371. The standard InChI is InChI=1S/C13H19NO/c1-13(2)11-8-10(15-3)6-4-9(11)5-7-12(13)14/h4,6,8,12H,5,7,14H2,1-3H3. The normalized spacial score (nSPS) is 23.3. The molecule has 1 aliphatic rings. The highest BCUT2D eigenvalue weighted by Gasteiger charge is 2.34. The molecule has 1 aliphatic carbocycles. The van der Waals surface area contributed by atoms with E-state index in [0.29, 0.717) is 0 Å². The van der Waals surface area contributed by atoms with Crippen LogP contribution >= 0.6 is 0 Å². The van der Waals surface area contributed by atoms with Crippen molar-refractivity contribution < 1.29 is 4.74 Å². The van der Waals surface area contributed by atoms with Gasteiger partial charge in [0.2, 0.25) is 0 Å². The number of rotatable bonds is 1. The minimum Gasteiger partial charge on any atom is -0.497 e. The van der Waals surface area contributed by atoms with Crippen LogP contribution in [0, 0.1) is 0 Å². The van der Waals surface area contributed by atoms with Gasteiger partial charge in [0, 0.05) is 11.5 Å². The van der Waals surface area contributed by atoms with Gasteiger partial charge in [0.25, 0.3) is 0 Å². The molecule has 2 heteroatoms. The van der Waals surface area contributed by atoms with Crippen LogP contribution in [0.3, 0.4) is 0 Å². The number of aryl methyl sites for hydroxylation is 1. The molecule has 1 aromatic rings. The summed E-state index contributed by atoms with van der Waals surface area (Å²) in [5.41, 5.74) is 9.00. The van der Waals surface area contributed by atoms with Crippen molar-refractivity contribution in [1.82, 2.24) is 0 Å². The van der Waals surface area contributed by atoms with Crippen LogP contribution in [0.5, 0.6) is 5.75 Å². The van der Waals surface area contributed by atoms with Crippen LogP contribution in [0.2, 0.25) is 0 Å². The van der Waals surface area contributed by atoms with Gasteiger partial charge in [0.1, 0.15) is 5.75 Å². The zero-order valence-electron chi connectivity index (χ0n) is 9.71. The Morgan fingerprint density at radius 3 is 2.80 bits per heavy atom. The van der Waals surface area contributed by atoms with Crippen molar-refractivity contribution >= 4 is 0 Å². The molecule has 2 rings (SSSR count). The highest BCUT2D eigenvalue weighted by atomic mass is 16.5. The SMILES string of the molecule is COc1ccc2c(c1)C(C)(C)C(N)CC2. The molecule has 1 aromatic carbocycles. The Hall–Kier alpha value is -1.02. The van der Waals surface area contributed by atoms with Gasteiger partial charge in [0.05, 0.1) is 7.11 Å². The average molecular weight is 205 g/mol. The van der Waals surface area contributed by atoms with Crippen molar-refractivity contribution in [1.29, 1.82) is 0 Å². The first-order valence-corrected chi connectivity index (χ1v) is 5.48. The molecule has 0 fully saturated rings.